The Hall–Kier alpha value is -3.79. The van der Waals surface area contributed by atoms with Crippen molar-refractivity contribution in [3.63, 3.8) is 0 Å². The van der Waals surface area contributed by atoms with Crippen molar-refractivity contribution in [3.8, 4) is 11.5 Å². The molecule has 1 aliphatic rings. The van der Waals surface area contributed by atoms with Crippen LogP contribution in [-0.2, 0) is 9.53 Å². The van der Waals surface area contributed by atoms with E-state index in [1.807, 2.05) is 0 Å². The summed E-state index contributed by atoms with van der Waals surface area (Å²) in [5.74, 6) is 0.112. The Bertz CT molecular complexity index is 1470. The van der Waals surface area contributed by atoms with Crippen molar-refractivity contribution in [2.45, 2.75) is 39.5 Å². The fourth-order valence-corrected chi connectivity index (χ4v) is 4.91. The summed E-state index contributed by atoms with van der Waals surface area (Å²) >= 11 is 1.18. The second kappa shape index (κ2) is 10.4. The van der Waals surface area contributed by atoms with E-state index in [0.717, 1.165) is 0 Å². The van der Waals surface area contributed by atoms with E-state index in [0.29, 0.717) is 31.9 Å². The number of aromatic nitrogens is 1. The van der Waals surface area contributed by atoms with Gasteiger partial charge in [-0.3, -0.25) is 9.36 Å². The summed E-state index contributed by atoms with van der Waals surface area (Å²) in [7, 11) is 1.56. The zero-order chi connectivity index (χ0) is 26.0. The molecule has 188 valence electrons. The third-order valence-electron chi connectivity index (χ3n) is 5.42. The third-order valence-corrected chi connectivity index (χ3v) is 6.40. The van der Waals surface area contributed by atoms with E-state index in [2.05, 4.69) is 9.73 Å². The van der Waals surface area contributed by atoms with Crippen molar-refractivity contribution < 1.29 is 27.8 Å². The first-order valence-electron chi connectivity index (χ1n) is 11.1. The van der Waals surface area contributed by atoms with Gasteiger partial charge in [0.25, 0.3) is 5.56 Å². The fourth-order valence-electron chi connectivity index (χ4n) is 3.86. The molecule has 7 nitrogen and oxygen atoms in total. The molecule has 3 aromatic rings. The van der Waals surface area contributed by atoms with Gasteiger partial charge in [0.15, 0.2) is 4.80 Å². The van der Waals surface area contributed by atoms with E-state index >= 15 is 0 Å². The lowest BCUT2D eigenvalue weighted by Crippen LogP contribution is -2.40. The van der Waals surface area contributed by atoms with Gasteiger partial charge in [-0.1, -0.05) is 35.6 Å². The number of methoxy groups -OCH3 is 1. The Morgan fingerprint density at radius 3 is 2.31 bits per heavy atom. The molecule has 10 heteroatoms. The van der Waals surface area contributed by atoms with Gasteiger partial charge in [0.2, 0.25) is 0 Å². The fraction of sp³-hybridized carbons (Fsp3) is 0.269. The number of fused-ring (bicyclic) bond motifs is 1. The van der Waals surface area contributed by atoms with Crippen LogP contribution in [0.15, 0.2) is 69.6 Å². The summed E-state index contributed by atoms with van der Waals surface area (Å²) in [5, 5.41) is 0. The number of hydrogen-bond donors (Lipinski definition) is 0. The standard InChI is InChI=1S/C26H24F2N2O5S/c1-14(2)34-24(32)21-15(3)29-26-30(22(21)17-7-11-18(33-4)12-8-17)23(31)20(36-26)13-16-5-9-19(10-6-16)35-25(27)28/h5-14,22,25H,1-4H3/b20-13+/t22-/m0/s1. The highest BCUT2D eigenvalue weighted by atomic mass is 32.1. The Balaban J connectivity index is 1.85. The number of benzene rings is 2. The summed E-state index contributed by atoms with van der Waals surface area (Å²) in [4.78, 5) is 31.7. The van der Waals surface area contributed by atoms with E-state index in [4.69, 9.17) is 9.47 Å². The number of nitrogens with zero attached hydrogens (tertiary/aromatic N) is 2. The van der Waals surface area contributed by atoms with Crippen LogP contribution in [0.4, 0.5) is 8.78 Å². The number of thiazole rings is 1. The Kier molecular flexibility index (Phi) is 7.35. The summed E-state index contributed by atoms with van der Waals surface area (Å²) in [6.45, 7) is 2.30. The van der Waals surface area contributed by atoms with Gasteiger partial charge in [-0.25, -0.2) is 9.79 Å². The molecule has 0 saturated carbocycles. The van der Waals surface area contributed by atoms with Gasteiger partial charge < -0.3 is 14.2 Å². The molecule has 36 heavy (non-hydrogen) atoms. The van der Waals surface area contributed by atoms with Crippen LogP contribution in [0.1, 0.15) is 37.9 Å². The number of halogens is 2. The summed E-state index contributed by atoms with van der Waals surface area (Å²) in [6, 6.07) is 12.3. The maximum atomic E-state index is 13.6. The van der Waals surface area contributed by atoms with Crippen molar-refractivity contribution in [2.75, 3.05) is 7.11 Å². The van der Waals surface area contributed by atoms with Crippen LogP contribution in [0.3, 0.4) is 0 Å². The molecular weight excluding hydrogens is 490 g/mol. The molecule has 2 heterocycles. The predicted octanol–water partition coefficient (Wildman–Crippen LogP) is 3.80. The Morgan fingerprint density at radius 1 is 1.08 bits per heavy atom. The number of alkyl halides is 2. The number of carbonyl (C=O) groups excluding carboxylic acids is 1. The molecule has 0 unspecified atom stereocenters. The second-order valence-electron chi connectivity index (χ2n) is 8.26. The molecule has 1 aliphatic heterocycles. The second-order valence-corrected chi connectivity index (χ2v) is 9.27. The van der Waals surface area contributed by atoms with Gasteiger partial charge >= 0.3 is 12.6 Å². The number of rotatable bonds is 7. The molecule has 2 aromatic carbocycles. The van der Waals surface area contributed by atoms with Gasteiger partial charge in [-0.05, 0) is 62.2 Å². The summed E-state index contributed by atoms with van der Waals surface area (Å²) < 4.78 is 41.8. The topological polar surface area (TPSA) is 79.1 Å². The molecule has 4 rings (SSSR count). The average Bonchev–Trinajstić information content (AvgIpc) is 3.13. The first-order chi connectivity index (χ1) is 17.2. The monoisotopic (exact) mass is 514 g/mol. The zero-order valence-corrected chi connectivity index (χ0v) is 20.8. The third kappa shape index (κ3) is 5.23. The highest BCUT2D eigenvalue weighted by molar-refractivity contribution is 7.07. The first kappa shape index (κ1) is 25.3. The molecule has 0 bridgehead atoms. The minimum absolute atomic E-state index is 0.0204. The average molecular weight is 515 g/mol. The quantitative estimate of drug-likeness (QED) is 0.449. The number of hydrogen-bond acceptors (Lipinski definition) is 7. The van der Waals surface area contributed by atoms with Crippen molar-refractivity contribution >= 4 is 23.4 Å². The zero-order valence-electron chi connectivity index (χ0n) is 20.0. The van der Waals surface area contributed by atoms with Gasteiger partial charge in [0.1, 0.15) is 11.5 Å². The van der Waals surface area contributed by atoms with Crippen molar-refractivity contribution in [1.29, 1.82) is 0 Å². The van der Waals surface area contributed by atoms with Crippen molar-refractivity contribution in [2.24, 2.45) is 4.99 Å². The van der Waals surface area contributed by atoms with Gasteiger partial charge in [0.05, 0.1) is 35.1 Å². The number of carbonyl (C=O) groups is 1. The highest BCUT2D eigenvalue weighted by Crippen LogP contribution is 2.31. The lowest BCUT2D eigenvalue weighted by Gasteiger charge is -2.25. The number of ether oxygens (including phenoxy) is 3. The maximum Gasteiger partial charge on any atom is 0.387 e. The minimum atomic E-state index is -2.92. The normalized spacial score (nSPS) is 15.7. The van der Waals surface area contributed by atoms with Crippen LogP contribution in [0.25, 0.3) is 6.08 Å². The van der Waals surface area contributed by atoms with Gasteiger partial charge in [-0.2, -0.15) is 8.78 Å². The van der Waals surface area contributed by atoms with Crippen LogP contribution in [0.2, 0.25) is 0 Å². The SMILES string of the molecule is COc1ccc([C@H]2C(C(=O)OC(C)C)=C(C)N=c3s/c(=C/c4ccc(OC(F)F)cc4)c(=O)n32)cc1. The first-order valence-corrected chi connectivity index (χ1v) is 11.9. The Morgan fingerprint density at radius 2 is 1.72 bits per heavy atom. The highest BCUT2D eigenvalue weighted by Gasteiger charge is 2.33. The predicted molar refractivity (Wildman–Crippen MR) is 131 cm³/mol. The van der Waals surface area contributed by atoms with Crippen LogP contribution >= 0.6 is 11.3 Å². The van der Waals surface area contributed by atoms with Gasteiger partial charge in [-0.15, -0.1) is 0 Å². The molecule has 1 aromatic heterocycles. The van der Waals surface area contributed by atoms with E-state index in [-0.39, 0.29) is 23.0 Å². The largest absolute Gasteiger partial charge is 0.497 e. The van der Waals surface area contributed by atoms with E-state index in [1.165, 1.54) is 28.0 Å². The minimum Gasteiger partial charge on any atom is -0.497 e. The molecule has 0 spiro atoms. The molecule has 1 atom stereocenters. The van der Waals surface area contributed by atoms with Crippen LogP contribution < -0.4 is 24.4 Å². The van der Waals surface area contributed by atoms with Crippen molar-refractivity contribution in [3.05, 3.63) is 90.6 Å². The van der Waals surface area contributed by atoms with Crippen LogP contribution in [-0.4, -0.2) is 30.4 Å². The maximum absolute atomic E-state index is 13.6. The molecule has 0 amide bonds. The number of allylic oxidation sites excluding steroid dienone is 1. The molecule has 0 N–H and O–H groups in total. The smallest absolute Gasteiger partial charge is 0.387 e. The summed E-state index contributed by atoms with van der Waals surface area (Å²) in [5.41, 5.74) is 1.72. The number of esters is 1. The molecule has 0 radical (unpaired) electrons. The lowest BCUT2D eigenvalue weighted by molar-refractivity contribution is -0.143. The molecule has 0 aliphatic carbocycles. The Labute approximate surface area is 209 Å². The van der Waals surface area contributed by atoms with Gasteiger partial charge in [0, 0.05) is 0 Å². The van der Waals surface area contributed by atoms with E-state index < -0.39 is 18.6 Å². The van der Waals surface area contributed by atoms with E-state index in [9.17, 15) is 18.4 Å². The van der Waals surface area contributed by atoms with E-state index in [1.54, 1.807) is 70.4 Å². The molecule has 0 fully saturated rings. The lowest BCUT2D eigenvalue weighted by atomic mass is 9.96. The molecule has 0 saturated heterocycles. The van der Waals surface area contributed by atoms with Crippen LogP contribution in [0, 0.1) is 0 Å². The molecular formula is C26H24F2N2O5S. The summed E-state index contributed by atoms with van der Waals surface area (Å²) in [6.07, 6.45) is 1.29. The van der Waals surface area contributed by atoms with Crippen molar-refractivity contribution in [1.82, 2.24) is 4.57 Å². The van der Waals surface area contributed by atoms with Crippen LogP contribution in [0.5, 0.6) is 11.5 Å².